The Balaban J connectivity index is 1.58. The predicted molar refractivity (Wildman–Crippen MR) is 107 cm³/mol. The number of amides is 1. The summed E-state index contributed by atoms with van der Waals surface area (Å²) in [6.07, 6.45) is 9.42. The molecule has 12 nitrogen and oxygen atoms in total. The van der Waals surface area contributed by atoms with E-state index >= 15 is 0 Å². The summed E-state index contributed by atoms with van der Waals surface area (Å²) >= 11 is 0. The fourth-order valence-corrected chi connectivity index (χ4v) is 3.30. The third-order valence-electron chi connectivity index (χ3n) is 4.83. The Morgan fingerprint density at radius 2 is 1.97 bits per heavy atom. The molecule has 30 heavy (non-hydrogen) atoms. The molecule has 4 heterocycles. The first-order valence-corrected chi connectivity index (χ1v) is 9.71. The van der Waals surface area contributed by atoms with Crippen LogP contribution in [-0.2, 0) is 6.54 Å². The van der Waals surface area contributed by atoms with E-state index in [4.69, 9.17) is 10.4 Å². The van der Waals surface area contributed by atoms with Crippen LogP contribution in [0.4, 0.5) is 5.82 Å². The van der Waals surface area contributed by atoms with Crippen molar-refractivity contribution in [3.8, 4) is 5.82 Å². The zero-order chi connectivity index (χ0) is 20.8. The minimum atomic E-state index is -0.480. The van der Waals surface area contributed by atoms with Gasteiger partial charge in [0.15, 0.2) is 5.69 Å². The number of hydrogen-bond donors (Lipinski definition) is 2. The van der Waals surface area contributed by atoms with Gasteiger partial charge in [-0.1, -0.05) is 18.1 Å². The second-order valence-corrected chi connectivity index (χ2v) is 6.94. The molecule has 12 heteroatoms. The molecule has 1 aliphatic rings. The van der Waals surface area contributed by atoms with Crippen LogP contribution in [-0.4, -0.2) is 60.4 Å². The number of nitrogen functional groups attached to an aromatic ring is 1. The minimum Gasteiger partial charge on any atom is -0.378 e. The second kappa shape index (κ2) is 9.22. The van der Waals surface area contributed by atoms with E-state index in [2.05, 4.69) is 41.0 Å². The summed E-state index contributed by atoms with van der Waals surface area (Å²) in [4.78, 5) is 19.0. The molecule has 156 valence electrons. The first-order chi connectivity index (χ1) is 14.7. The molecule has 0 saturated carbocycles. The van der Waals surface area contributed by atoms with Gasteiger partial charge < -0.3 is 5.73 Å². The van der Waals surface area contributed by atoms with E-state index in [1.807, 2.05) is 0 Å². The van der Waals surface area contributed by atoms with E-state index in [0.717, 1.165) is 31.5 Å². The number of nitrogens with one attached hydrogen (secondary N) is 1. The Kier molecular flexibility index (Phi) is 6.03. The largest absolute Gasteiger partial charge is 0.378 e. The first kappa shape index (κ1) is 19.6. The smallest absolute Gasteiger partial charge is 0.293 e. The van der Waals surface area contributed by atoms with E-state index in [-0.39, 0.29) is 17.3 Å². The molecule has 0 bridgehead atoms. The Morgan fingerprint density at radius 1 is 1.20 bits per heavy atom. The lowest BCUT2D eigenvalue weighted by Gasteiger charge is -2.20. The van der Waals surface area contributed by atoms with Crippen LogP contribution in [0.2, 0.25) is 0 Å². The van der Waals surface area contributed by atoms with Gasteiger partial charge in [0.1, 0.15) is 0 Å². The average molecular weight is 410 g/mol. The van der Waals surface area contributed by atoms with Crippen LogP contribution in [0.1, 0.15) is 47.4 Å². The highest BCUT2D eigenvalue weighted by molar-refractivity contribution is 5.94. The van der Waals surface area contributed by atoms with Gasteiger partial charge in [-0.15, -0.1) is 5.10 Å². The highest BCUT2D eigenvalue weighted by Gasteiger charge is 2.25. The van der Waals surface area contributed by atoms with Crippen LogP contribution in [0.25, 0.3) is 5.82 Å². The Labute approximate surface area is 172 Å². The minimum absolute atomic E-state index is 0.0692. The third-order valence-corrected chi connectivity index (χ3v) is 4.83. The molecule has 1 aliphatic heterocycles. The number of rotatable bonds is 6. The third kappa shape index (κ3) is 4.49. The maximum absolute atomic E-state index is 12.8. The van der Waals surface area contributed by atoms with Gasteiger partial charge in [-0.05, 0) is 53.9 Å². The van der Waals surface area contributed by atoms with Crippen LogP contribution < -0.4 is 11.2 Å². The highest BCUT2D eigenvalue weighted by Crippen LogP contribution is 2.19. The number of hydrogen-bond acceptors (Lipinski definition) is 10. The van der Waals surface area contributed by atoms with Gasteiger partial charge in [0.05, 0.1) is 11.9 Å². The van der Waals surface area contributed by atoms with Crippen molar-refractivity contribution in [2.24, 2.45) is 5.10 Å². The maximum Gasteiger partial charge on any atom is 0.293 e. The number of pyridine rings is 1. The van der Waals surface area contributed by atoms with Crippen molar-refractivity contribution in [2.45, 2.75) is 32.2 Å². The van der Waals surface area contributed by atoms with Crippen molar-refractivity contribution in [1.29, 1.82) is 0 Å². The summed E-state index contributed by atoms with van der Waals surface area (Å²) in [5.74, 6) is -0.210. The van der Waals surface area contributed by atoms with Crippen LogP contribution in [0.5, 0.6) is 0 Å². The molecular weight excluding hydrogens is 388 g/mol. The number of nitrogens with two attached hydrogens (primary N) is 1. The number of likely N-dealkylation sites (tertiary alicyclic amines) is 1. The zero-order valence-electron chi connectivity index (χ0n) is 16.3. The number of nitrogens with zero attached hydrogens (tertiary/aromatic N) is 8. The van der Waals surface area contributed by atoms with Crippen LogP contribution in [0, 0.1) is 0 Å². The molecule has 4 rings (SSSR count). The van der Waals surface area contributed by atoms with Gasteiger partial charge in [-0.2, -0.15) is 9.78 Å². The Hall–Kier alpha value is -3.67. The summed E-state index contributed by atoms with van der Waals surface area (Å²) < 4.78 is 6.09. The molecule has 1 saturated heterocycles. The van der Waals surface area contributed by atoms with Gasteiger partial charge in [0.2, 0.25) is 11.6 Å². The lowest BCUT2D eigenvalue weighted by atomic mass is 10.2. The summed E-state index contributed by atoms with van der Waals surface area (Å²) in [5.41, 5.74) is 9.83. The fraction of sp³-hybridized carbons (Fsp3) is 0.389. The Morgan fingerprint density at radius 3 is 2.67 bits per heavy atom. The number of carbonyl (C=O) groups is 1. The molecule has 1 fully saturated rings. The standard InChI is InChI=1S/C18H22N10O2/c19-16-17(25-30-24-16)28-14(12-27-9-3-1-2-4-10-27)15(22-26-28)18(29)23-21-11-13-5-7-20-8-6-13/h5-8,11H,1-4,9-10,12H2,(H2,19,24)(H,23,29)/b21-11+. The number of anilines is 1. The number of aromatic nitrogens is 6. The van der Waals surface area contributed by atoms with Crippen molar-refractivity contribution < 1.29 is 9.42 Å². The van der Waals surface area contributed by atoms with Crippen LogP contribution >= 0.6 is 0 Å². The zero-order valence-corrected chi connectivity index (χ0v) is 16.3. The van der Waals surface area contributed by atoms with Gasteiger partial charge in [0, 0.05) is 18.9 Å². The molecule has 0 spiro atoms. The van der Waals surface area contributed by atoms with Crippen molar-refractivity contribution >= 4 is 17.9 Å². The number of carbonyl (C=O) groups excluding carboxylic acids is 1. The topological polar surface area (TPSA) is 153 Å². The predicted octanol–water partition coefficient (Wildman–Crippen LogP) is 0.767. The summed E-state index contributed by atoms with van der Waals surface area (Å²) in [7, 11) is 0. The van der Waals surface area contributed by atoms with Gasteiger partial charge in [0.25, 0.3) is 5.91 Å². The van der Waals surface area contributed by atoms with E-state index in [1.54, 1.807) is 24.5 Å². The SMILES string of the molecule is Nc1nonc1-n1nnc(C(=O)N/N=C/c2ccncc2)c1CN1CCCCCC1. The number of hydrazone groups is 1. The molecule has 1 amide bonds. The Bertz CT molecular complexity index is 1010. The summed E-state index contributed by atoms with van der Waals surface area (Å²) in [6, 6.07) is 3.55. The van der Waals surface area contributed by atoms with Crippen molar-refractivity contribution in [3.05, 3.63) is 41.5 Å². The van der Waals surface area contributed by atoms with E-state index in [9.17, 15) is 4.79 Å². The molecule has 0 radical (unpaired) electrons. The molecule has 0 atom stereocenters. The van der Waals surface area contributed by atoms with Crippen molar-refractivity contribution in [1.82, 2.24) is 40.6 Å². The average Bonchev–Trinajstić information content (AvgIpc) is 3.26. The van der Waals surface area contributed by atoms with Crippen LogP contribution in [0.3, 0.4) is 0 Å². The lowest BCUT2D eigenvalue weighted by Crippen LogP contribution is -2.28. The molecule has 0 aliphatic carbocycles. The normalized spacial score (nSPS) is 15.3. The van der Waals surface area contributed by atoms with E-state index in [0.29, 0.717) is 12.2 Å². The monoisotopic (exact) mass is 410 g/mol. The van der Waals surface area contributed by atoms with Gasteiger partial charge in [-0.3, -0.25) is 14.7 Å². The lowest BCUT2D eigenvalue weighted by molar-refractivity contribution is 0.0948. The fourth-order valence-electron chi connectivity index (χ4n) is 3.30. The van der Waals surface area contributed by atoms with Crippen molar-refractivity contribution in [2.75, 3.05) is 18.8 Å². The van der Waals surface area contributed by atoms with Crippen LogP contribution in [0.15, 0.2) is 34.3 Å². The highest BCUT2D eigenvalue weighted by atomic mass is 16.6. The molecule has 3 aromatic rings. The maximum atomic E-state index is 12.8. The second-order valence-electron chi connectivity index (χ2n) is 6.94. The molecule has 0 unspecified atom stereocenters. The summed E-state index contributed by atoms with van der Waals surface area (Å²) in [6.45, 7) is 2.33. The summed E-state index contributed by atoms with van der Waals surface area (Å²) in [5, 5.41) is 19.5. The van der Waals surface area contributed by atoms with Crippen molar-refractivity contribution in [3.63, 3.8) is 0 Å². The first-order valence-electron chi connectivity index (χ1n) is 9.71. The molecular formula is C18H22N10O2. The molecule has 0 aromatic carbocycles. The van der Waals surface area contributed by atoms with Gasteiger partial charge in [-0.25, -0.2) is 10.1 Å². The van der Waals surface area contributed by atoms with E-state index in [1.165, 1.54) is 23.7 Å². The van der Waals surface area contributed by atoms with Gasteiger partial charge >= 0.3 is 0 Å². The molecule has 3 N–H and O–H groups in total. The quantitative estimate of drug-likeness (QED) is 0.443. The van der Waals surface area contributed by atoms with E-state index < -0.39 is 5.91 Å². The molecule has 3 aromatic heterocycles.